The maximum Gasteiger partial charge on any atom is 0.310 e. The highest BCUT2D eigenvalue weighted by Gasteiger charge is 2.13. The molecular weight excluding hydrogens is 422 g/mol. The molecule has 0 unspecified atom stereocenters. The topological polar surface area (TPSA) is 59.5 Å². The number of para-hydroxylation sites is 1. The van der Waals surface area contributed by atoms with Crippen molar-refractivity contribution in [1.82, 2.24) is 9.38 Å². The second kappa shape index (κ2) is 7.25. The molecule has 0 bridgehead atoms. The van der Waals surface area contributed by atoms with E-state index in [1.807, 2.05) is 66.7 Å². The van der Waals surface area contributed by atoms with Crippen molar-refractivity contribution < 1.29 is 4.42 Å². The number of hydrogen-bond donors (Lipinski definition) is 1. The van der Waals surface area contributed by atoms with Crippen molar-refractivity contribution >= 4 is 50.8 Å². The van der Waals surface area contributed by atoms with E-state index in [0.29, 0.717) is 27.0 Å². The summed E-state index contributed by atoms with van der Waals surface area (Å²) < 4.78 is 7.36. The Morgan fingerprint density at radius 3 is 2.50 bits per heavy atom. The van der Waals surface area contributed by atoms with Crippen LogP contribution in [0.2, 0.25) is 5.02 Å². The van der Waals surface area contributed by atoms with Gasteiger partial charge >= 0.3 is 5.84 Å². The summed E-state index contributed by atoms with van der Waals surface area (Å²) in [6.45, 7) is 0. The Morgan fingerprint density at radius 1 is 0.844 bits per heavy atom. The van der Waals surface area contributed by atoms with E-state index in [1.54, 1.807) is 12.1 Å². The van der Waals surface area contributed by atoms with Crippen molar-refractivity contribution in [3.8, 4) is 11.1 Å². The van der Waals surface area contributed by atoms with Crippen LogP contribution in [0.5, 0.6) is 0 Å². The van der Waals surface area contributed by atoms with E-state index in [1.165, 1.54) is 4.40 Å². The summed E-state index contributed by atoms with van der Waals surface area (Å²) in [4.78, 5) is 17.5. The van der Waals surface area contributed by atoms with Crippen molar-refractivity contribution in [3.63, 3.8) is 0 Å². The van der Waals surface area contributed by atoms with Crippen LogP contribution in [0.1, 0.15) is 0 Å². The van der Waals surface area contributed by atoms with Crippen molar-refractivity contribution in [2.24, 2.45) is 0 Å². The lowest BCUT2D eigenvalue weighted by molar-refractivity contribution is 0.616. The third kappa shape index (κ3) is 3.02. The summed E-state index contributed by atoms with van der Waals surface area (Å²) in [6, 6.07) is 28.8. The Hall–Kier alpha value is -4.09. The highest BCUT2D eigenvalue weighted by molar-refractivity contribution is 6.33. The first-order valence-electron chi connectivity index (χ1n) is 10.1. The summed E-state index contributed by atoms with van der Waals surface area (Å²) in [5, 5.41) is 4.48. The molecule has 4 aromatic carbocycles. The summed E-state index contributed by atoms with van der Waals surface area (Å²) in [5.41, 5.74) is 5.47. The van der Waals surface area contributed by atoms with Crippen molar-refractivity contribution in [2.45, 2.75) is 0 Å². The highest BCUT2D eigenvalue weighted by Crippen LogP contribution is 2.31. The van der Waals surface area contributed by atoms with Gasteiger partial charge in [-0.3, -0.25) is 4.79 Å². The van der Waals surface area contributed by atoms with Crippen LogP contribution in [-0.4, -0.2) is 9.38 Å². The number of hydrogen-bond acceptors (Lipinski definition) is 4. The molecule has 0 aliphatic carbocycles. The molecule has 154 valence electrons. The molecule has 6 heteroatoms. The number of benzene rings is 4. The Kier molecular flexibility index (Phi) is 4.23. The summed E-state index contributed by atoms with van der Waals surface area (Å²) in [6.07, 6.45) is 0. The zero-order valence-electron chi connectivity index (χ0n) is 16.7. The smallest absolute Gasteiger partial charge is 0.310 e. The molecule has 0 saturated carbocycles. The van der Waals surface area contributed by atoms with Gasteiger partial charge in [0, 0.05) is 5.69 Å². The second-order valence-electron chi connectivity index (χ2n) is 7.52. The SMILES string of the molecule is O=c1c2ccccc2oc2nc3cc(Nc4ccc(-c5ccccc5)cc4Cl)ccc3n12. The standard InChI is InChI=1S/C26H16ClN3O2/c27-20-14-17(16-6-2-1-3-7-16)10-12-21(20)28-18-11-13-23-22(15-18)29-26-30(23)25(31)19-8-4-5-9-24(19)32-26/h1-15,28H. The van der Waals surface area contributed by atoms with Crippen LogP contribution in [0, 0.1) is 0 Å². The number of anilines is 2. The van der Waals surface area contributed by atoms with Gasteiger partial charge in [-0.05, 0) is 53.6 Å². The molecule has 0 fully saturated rings. The first kappa shape index (κ1) is 18.7. The van der Waals surface area contributed by atoms with Crippen LogP contribution in [0.3, 0.4) is 0 Å². The lowest BCUT2D eigenvalue weighted by Crippen LogP contribution is -2.12. The molecule has 0 aliphatic rings. The second-order valence-corrected chi connectivity index (χ2v) is 7.93. The predicted octanol–water partition coefficient (Wildman–Crippen LogP) is 6.66. The number of aromatic nitrogens is 2. The molecule has 32 heavy (non-hydrogen) atoms. The number of halogens is 1. The van der Waals surface area contributed by atoms with Crippen molar-refractivity contribution in [1.29, 1.82) is 0 Å². The summed E-state index contributed by atoms with van der Waals surface area (Å²) in [5.74, 6) is 0.270. The molecule has 0 aliphatic heterocycles. The highest BCUT2D eigenvalue weighted by atomic mass is 35.5. The molecule has 1 N–H and O–H groups in total. The zero-order valence-corrected chi connectivity index (χ0v) is 17.5. The molecule has 0 atom stereocenters. The Morgan fingerprint density at radius 2 is 1.66 bits per heavy atom. The van der Waals surface area contributed by atoms with Gasteiger partial charge in [0.2, 0.25) is 0 Å². The van der Waals surface area contributed by atoms with Crippen molar-refractivity contribution in [3.05, 3.63) is 106 Å². The largest absolute Gasteiger partial charge is 0.424 e. The van der Waals surface area contributed by atoms with Crippen LogP contribution in [-0.2, 0) is 0 Å². The van der Waals surface area contributed by atoms with Gasteiger partial charge in [-0.15, -0.1) is 0 Å². The fourth-order valence-electron chi connectivity index (χ4n) is 3.93. The molecule has 6 aromatic rings. The number of nitrogens with zero attached hydrogens (tertiary/aromatic N) is 2. The van der Waals surface area contributed by atoms with Gasteiger partial charge in [0.25, 0.3) is 5.56 Å². The number of fused-ring (bicyclic) bond motifs is 4. The lowest BCUT2D eigenvalue weighted by atomic mass is 10.1. The van der Waals surface area contributed by atoms with Gasteiger partial charge in [-0.1, -0.05) is 60.1 Å². The fraction of sp³-hybridized carbons (Fsp3) is 0. The molecule has 6 rings (SSSR count). The molecule has 5 nitrogen and oxygen atoms in total. The molecule has 0 saturated heterocycles. The van der Waals surface area contributed by atoms with E-state index in [2.05, 4.69) is 22.4 Å². The van der Waals surface area contributed by atoms with Crippen LogP contribution in [0.15, 0.2) is 100 Å². The van der Waals surface area contributed by atoms with Gasteiger partial charge in [0.15, 0.2) is 0 Å². The number of imidazole rings is 1. The van der Waals surface area contributed by atoms with Gasteiger partial charge < -0.3 is 9.73 Å². The molecule has 0 amide bonds. The maximum absolute atomic E-state index is 13.0. The monoisotopic (exact) mass is 437 g/mol. The first-order valence-corrected chi connectivity index (χ1v) is 10.5. The van der Waals surface area contributed by atoms with E-state index in [9.17, 15) is 4.79 Å². The Labute approximate surface area is 187 Å². The summed E-state index contributed by atoms with van der Waals surface area (Å²) in [7, 11) is 0. The number of nitrogens with one attached hydrogen (secondary N) is 1. The van der Waals surface area contributed by atoms with Gasteiger partial charge in [0.05, 0.1) is 27.1 Å². The molecule has 0 spiro atoms. The van der Waals surface area contributed by atoms with Crippen molar-refractivity contribution in [2.75, 3.05) is 5.32 Å². The molecular formula is C26H16ClN3O2. The van der Waals surface area contributed by atoms with Gasteiger partial charge in [-0.2, -0.15) is 4.98 Å². The third-order valence-electron chi connectivity index (χ3n) is 5.50. The van der Waals surface area contributed by atoms with E-state index in [0.717, 1.165) is 22.5 Å². The zero-order chi connectivity index (χ0) is 21.7. The Bertz CT molecular complexity index is 1690. The maximum atomic E-state index is 13.0. The van der Waals surface area contributed by atoms with E-state index < -0.39 is 0 Å². The van der Waals surface area contributed by atoms with E-state index >= 15 is 0 Å². The average Bonchev–Trinajstić information content (AvgIpc) is 3.19. The van der Waals surface area contributed by atoms with Gasteiger partial charge in [0.1, 0.15) is 5.58 Å². The first-order chi connectivity index (χ1) is 15.7. The average molecular weight is 438 g/mol. The minimum Gasteiger partial charge on any atom is -0.424 e. The van der Waals surface area contributed by atoms with E-state index in [4.69, 9.17) is 16.0 Å². The van der Waals surface area contributed by atoms with Gasteiger partial charge in [-0.25, -0.2) is 4.40 Å². The molecule has 2 heterocycles. The number of rotatable bonds is 3. The molecule has 2 aromatic heterocycles. The van der Waals surface area contributed by atoms with Crippen LogP contribution in [0.4, 0.5) is 11.4 Å². The van der Waals surface area contributed by atoms with Crippen LogP contribution < -0.4 is 10.9 Å². The minimum absolute atomic E-state index is 0.149. The van der Waals surface area contributed by atoms with Crippen LogP contribution >= 0.6 is 11.6 Å². The summed E-state index contributed by atoms with van der Waals surface area (Å²) >= 11 is 6.55. The Balaban J connectivity index is 1.40. The lowest BCUT2D eigenvalue weighted by Gasteiger charge is -2.10. The quantitative estimate of drug-likeness (QED) is 0.336. The van der Waals surface area contributed by atoms with E-state index in [-0.39, 0.29) is 11.4 Å². The normalized spacial score (nSPS) is 11.4. The fourth-order valence-corrected chi connectivity index (χ4v) is 4.16. The van der Waals surface area contributed by atoms with Crippen LogP contribution in [0.25, 0.3) is 39.0 Å². The third-order valence-corrected chi connectivity index (χ3v) is 5.81. The molecule has 0 radical (unpaired) electrons. The predicted molar refractivity (Wildman–Crippen MR) is 129 cm³/mol. The minimum atomic E-state index is -0.149.